The maximum Gasteiger partial charge on any atom is 0.0381 e. The van der Waals surface area contributed by atoms with Crippen molar-refractivity contribution in [3.05, 3.63) is 12.3 Å². The fourth-order valence-corrected chi connectivity index (χ4v) is 0.417. The van der Waals surface area contributed by atoms with Gasteiger partial charge < -0.3 is 10.7 Å². The summed E-state index contributed by atoms with van der Waals surface area (Å²) in [6.45, 7) is 6.07. The summed E-state index contributed by atoms with van der Waals surface area (Å²) in [4.78, 5) is 0. The summed E-state index contributed by atoms with van der Waals surface area (Å²) in [5.74, 6) is 0. The molecule has 0 amide bonds. The van der Waals surface area contributed by atoms with Crippen LogP contribution in [-0.2, 0) is 0 Å². The van der Waals surface area contributed by atoms with Crippen LogP contribution < -0.4 is 5.32 Å². The van der Waals surface area contributed by atoms with Gasteiger partial charge in [0.25, 0.3) is 0 Å². The first-order chi connectivity index (χ1) is 4.48. The van der Waals surface area contributed by atoms with Gasteiger partial charge in [-0.3, -0.25) is 0 Å². The molecule has 0 bridgehead atoms. The van der Waals surface area contributed by atoms with Gasteiger partial charge in [0.15, 0.2) is 0 Å². The predicted molar refractivity (Wildman–Crippen MR) is 45.4 cm³/mol. The van der Waals surface area contributed by atoms with Gasteiger partial charge >= 0.3 is 0 Å². The van der Waals surface area contributed by atoms with Crippen molar-refractivity contribution in [2.24, 2.45) is 5.41 Å². The van der Waals surface area contributed by atoms with Crippen LogP contribution in [0.2, 0.25) is 0 Å². The molecule has 0 aromatic carbocycles. The molecule has 0 aliphatic carbocycles. The van der Waals surface area contributed by atoms with Crippen molar-refractivity contribution >= 4 is 5.71 Å². The first-order valence-electron chi connectivity index (χ1n) is 3.41. The van der Waals surface area contributed by atoms with Crippen LogP contribution >= 0.6 is 0 Å². The number of allylic oxidation sites excluding steroid dienone is 1. The van der Waals surface area contributed by atoms with Crippen molar-refractivity contribution in [1.29, 1.82) is 5.41 Å². The maximum atomic E-state index is 7.52. The molecule has 10 heavy (non-hydrogen) atoms. The molecule has 0 unspecified atom stereocenters. The molecule has 0 heterocycles. The molecule has 58 valence electrons. The molecule has 0 rings (SSSR count). The van der Waals surface area contributed by atoms with E-state index in [1.165, 1.54) is 0 Å². The van der Waals surface area contributed by atoms with Crippen LogP contribution in [0.15, 0.2) is 12.3 Å². The predicted octanol–water partition coefficient (Wildman–Crippen LogP) is 1.79. The van der Waals surface area contributed by atoms with Crippen LogP contribution in [-0.4, -0.2) is 12.8 Å². The third-order valence-corrected chi connectivity index (χ3v) is 1.22. The molecule has 0 aliphatic heterocycles. The average molecular weight is 140 g/mol. The molecule has 0 saturated heterocycles. The molecule has 0 aromatic heterocycles. The highest BCUT2D eigenvalue weighted by Gasteiger charge is 2.13. The molecule has 0 aromatic rings. The highest BCUT2D eigenvalue weighted by Crippen LogP contribution is 2.14. The van der Waals surface area contributed by atoms with Gasteiger partial charge in [-0.1, -0.05) is 20.8 Å². The van der Waals surface area contributed by atoms with Gasteiger partial charge in [-0.25, -0.2) is 0 Å². The van der Waals surface area contributed by atoms with E-state index in [-0.39, 0.29) is 5.41 Å². The van der Waals surface area contributed by atoms with Gasteiger partial charge in [-0.05, 0) is 12.3 Å². The van der Waals surface area contributed by atoms with Crippen molar-refractivity contribution in [2.75, 3.05) is 7.05 Å². The number of nitrogens with one attached hydrogen (secondary N) is 2. The minimum Gasteiger partial charge on any atom is -0.394 e. The second-order valence-electron chi connectivity index (χ2n) is 3.29. The van der Waals surface area contributed by atoms with E-state index in [9.17, 15) is 0 Å². The lowest BCUT2D eigenvalue weighted by Gasteiger charge is -2.16. The summed E-state index contributed by atoms with van der Waals surface area (Å²) in [6, 6.07) is 0. The molecular weight excluding hydrogens is 124 g/mol. The summed E-state index contributed by atoms with van der Waals surface area (Å²) >= 11 is 0. The largest absolute Gasteiger partial charge is 0.394 e. The number of hydrogen-bond donors (Lipinski definition) is 2. The normalized spacial score (nSPS) is 12.0. The number of rotatable bonds is 2. The lowest BCUT2D eigenvalue weighted by Crippen LogP contribution is -2.17. The quantitative estimate of drug-likeness (QED) is 0.563. The van der Waals surface area contributed by atoms with E-state index in [0.29, 0.717) is 5.71 Å². The van der Waals surface area contributed by atoms with Gasteiger partial charge in [-0.2, -0.15) is 0 Å². The molecule has 0 spiro atoms. The van der Waals surface area contributed by atoms with Crippen molar-refractivity contribution in [3.63, 3.8) is 0 Å². The molecule has 2 heteroatoms. The Kier molecular flexibility index (Phi) is 3.13. The first kappa shape index (κ1) is 9.21. The van der Waals surface area contributed by atoms with Gasteiger partial charge in [0.05, 0.1) is 0 Å². The van der Waals surface area contributed by atoms with Crippen LogP contribution in [0.4, 0.5) is 0 Å². The summed E-state index contributed by atoms with van der Waals surface area (Å²) in [5, 5.41) is 10.4. The zero-order chi connectivity index (χ0) is 8.20. The minimum absolute atomic E-state index is 0.0344. The lowest BCUT2D eigenvalue weighted by atomic mass is 9.90. The topological polar surface area (TPSA) is 35.9 Å². The fourth-order valence-electron chi connectivity index (χ4n) is 0.417. The monoisotopic (exact) mass is 140 g/mol. The smallest absolute Gasteiger partial charge is 0.0381 e. The van der Waals surface area contributed by atoms with Crippen molar-refractivity contribution < 1.29 is 0 Å². The second-order valence-corrected chi connectivity index (χ2v) is 3.29. The van der Waals surface area contributed by atoms with E-state index in [1.54, 1.807) is 12.3 Å². The minimum atomic E-state index is -0.0344. The Hall–Kier alpha value is -0.790. The molecule has 0 fully saturated rings. The van der Waals surface area contributed by atoms with E-state index in [4.69, 9.17) is 5.41 Å². The van der Waals surface area contributed by atoms with Crippen LogP contribution in [0.5, 0.6) is 0 Å². The van der Waals surface area contributed by atoms with E-state index in [1.807, 2.05) is 27.8 Å². The SMILES string of the molecule is CN/C=C\C(=N)C(C)(C)C. The van der Waals surface area contributed by atoms with Crippen molar-refractivity contribution in [1.82, 2.24) is 5.32 Å². The zero-order valence-electron chi connectivity index (χ0n) is 7.15. The highest BCUT2D eigenvalue weighted by molar-refractivity contribution is 5.96. The maximum absolute atomic E-state index is 7.52. The van der Waals surface area contributed by atoms with E-state index in [2.05, 4.69) is 5.32 Å². The Morgan fingerprint density at radius 2 is 1.90 bits per heavy atom. The third-order valence-electron chi connectivity index (χ3n) is 1.22. The second kappa shape index (κ2) is 3.40. The van der Waals surface area contributed by atoms with Crippen LogP contribution in [0, 0.1) is 10.8 Å². The van der Waals surface area contributed by atoms with Crippen LogP contribution in [0.25, 0.3) is 0 Å². The van der Waals surface area contributed by atoms with Gasteiger partial charge in [0.2, 0.25) is 0 Å². The van der Waals surface area contributed by atoms with E-state index < -0.39 is 0 Å². The summed E-state index contributed by atoms with van der Waals surface area (Å²) in [7, 11) is 1.83. The Labute approximate surface area is 62.8 Å². The molecule has 2 N–H and O–H groups in total. The van der Waals surface area contributed by atoms with Gasteiger partial charge in [0, 0.05) is 18.2 Å². The lowest BCUT2D eigenvalue weighted by molar-refractivity contribution is 0.590. The standard InChI is InChI=1S/C8H16N2/c1-8(2,3)7(9)5-6-10-4/h5-6,9-10H,1-4H3/b6-5-,9-7?. The van der Waals surface area contributed by atoms with Crippen molar-refractivity contribution in [2.45, 2.75) is 20.8 Å². The average Bonchev–Trinajstić information content (AvgIpc) is 1.80. The molecule has 0 saturated carbocycles. The Balaban J connectivity index is 3.98. The molecule has 0 aliphatic rings. The Morgan fingerprint density at radius 3 is 2.20 bits per heavy atom. The van der Waals surface area contributed by atoms with Gasteiger partial charge in [0.1, 0.15) is 0 Å². The molecular formula is C8H16N2. The third kappa shape index (κ3) is 3.28. The Bertz CT molecular complexity index is 140. The summed E-state index contributed by atoms with van der Waals surface area (Å²) in [5.41, 5.74) is 0.606. The van der Waals surface area contributed by atoms with Crippen molar-refractivity contribution in [3.8, 4) is 0 Å². The van der Waals surface area contributed by atoms with E-state index in [0.717, 1.165) is 0 Å². The first-order valence-corrected chi connectivity index (χ1v) is 3.41. The fraction of sp³-hybridized carbons (Fsp3) is 0.625. The van der Waals surface area contributed by atoms with Gasteiger partial charge in [-0.15, -0.1) is 0 Å². The Morgan fingerprint density at radius 1 is 1.40 bits per heavy atom. The van der Waals surface area contributed by atoms with Crippen LogP contribution in [0.3, 0.4) is 0 Å². The van der Waals surface area contributed by atoms with E-state index >= 15 is 0 Å². The number of hydrogen-bond acceptors (Lipinski definition) is 2. The molecule has 0 radical (unpaired) electrons. The molecule has 0 atom stereocenters. The highest BCUT2D eigenvalue weighted by atomic mass is 14.8. The molecule has 2 nitrogen and oxygen atoms in total. The van der Waals surface area contributed by atoms with Crippen LogP contribution in [0.1, 0.15) is 20.8 Å². The summed E-state index contributed by atoms with van der Waals surface area (Å²) < 4.78 is 0. The zero-order valence-corrected chi connectivity index (χ0v) is 7.15. The summed E-state index contributed by atoms with van der Waals surface area (Å²) in [6.07, 6.45) is 3.55.